The summed E-state index contributed by atoms with van der Waals surface area (Å²) in [6.07, 6.45) is 8.66. The average molecular weight is 488 g/mol. The number of cyclic esters (lactones) is 1. The van der Waals surface area contributed by atoms with E-state index in [0.717, 1.165) is 44.1 Å². The van der Waals surface area contributed by atoms with Crippen molar-refractivity contribution in [1.29, 1.82) is 0 Å². The van der Waals surface area contributed by atoms with Crippen molar-refractivity contribution in [3.8, 4) is 0 Å². The summed E-state index contributed by atoms with van der Waals surface area (Å²) in [6.45, 7) is 4.11. The fourth-order valence-electron chi connectivity index (χ4n) is 5.25. The third-order valence-electron chi connectivity index (χ3n) is 6.83. The van der Waals surface area contributed by atoms with Gasteiger partial charge in [-0.25, -0.2) is 9.78 Å². The van der Waals surface area contributed by atoms with Crippen LogP contribution in [0.5, 0.6) is 0 Å². The predicted molar refractivity (Wildman–Crippen MR) is 129 cm³/mol. The molecule has 1 fully saturated rings. The third-order valence-corrected chi connectivity index (χ3v) is 8.20. The molecule has 0 bridgehead atoms. The van der Waals surface area contributed by atoms with Crippen molar-refractivity contribution >= 4 is 21.7 Å². The molecule has 34 heavy (non-hydrogen) atoms. The van der Waals surface area contributed by atoms with Crippen LogP contribution < -0.4 is 4.72 Å². The van der Waals surface area contributed by atoms with Gasteiger partial charge in [0.25, 0.3) is 10.0 Å². The minimum Gasteiger partial charge on any atom is -0.512 e. The first-order chi connectivity index (χ1) is 16.1. The number of aryl methyl sites for hydroxylation is 1. The zero-order valence-electron chi connectivity index (χ0n) is 20.0. The molecule has 0 amide bonds. The first-order valence-electron chi connectivity index (χ1n) is 11.9. The van der Waals surface area contributed by atoms with Crippen LogP contribution in [0.15, 0.2) is 53.1 Å². The quantitative estimate of drug-likeness (QED) is 0.472. The Morgan fingerprint density at radius 2 is 1.91 bits per heavy atom. The molecule has 1 aliphatic carbocycles. The fraction of sp³-hybridized carbons (Fsp3) is 0.520. The van der Waals surface area contributed by atoms with Gasteiger partial charge in [-0.3, -0.25) is 4.72 Å². The number of sulfonamides is 1. The van der Waals surface area contributed by atoms with Gasteiger partial charge in [0.1, 0.15) is 11.4 Å². The fourth-order valence-corrected chi connectivity index (χ4v) is 6.41. The summed E-state index contributed by atoms with van der Waals surface area (Å²) in [7, 11) is -2.21. The van der Waals surface area contributed by atoms with Gasteiger partial charge >= 0.3 is 5.97 Å². The monoisotopic (exact) mass is 487 g/mol. The Bertz CT molecular complexity index is 1200. The zero-order chi connectivity index (χ0) is 24.6. The van der Waals surface area contributed by atoms with Gasteiger partial charge in [-0.15, -0.1) is 0 Å². The Labute approximate surface area is 201 Å². The SMILES string of the molecule is CCCC1(CCC)CC(O)=C(C2(Cc3cccc(NS(=O)(=O)c4nccn4C)c3)CC2)C(=O)O1. The molecule has 0 unspecified atom stereocenters. The lowest BCUT2D eigenvalue weighted by Gasteiger charge is -2.38. The zero-order valence-corrected chi connectivity index (χ0v) is 20.8. The highest BCUT2D eigenvalue weighted by molar-refractivity contribution is 7.92. The second-order valence-electron chi connectivity index (χ2n) is 9.65. The molecule has 8 nitrogen and oxygen atoms in total. The molecular formula is C25H33N3O5S. The Balaban J connectivity index is 1.56. The van der Waals surface area contributed by atoms with E-state index in [4.69, 9.17) is 4.74 Å². The van der Waals surface area contributed by atoms with Crippen molar-refractivity contribution in [2.75, 3.05) is 4.72 Å². The summed E-state index contributed by atoms with van der Waals surface area (Å²) < 4.78 is 35.4. The van der Waals surface area contributed by atoms with E-state index in [2.05, 4.69) is 23.6 Å². The molecular weight excluding hydrogens is 454 g/mol. The molecule has 2 N–H and O–H groups in total. The number of hydrogen-bond donors (Lipinski definition) is 2. The Kier molecular flexibility index (Phi) is 6.50. The lowest BCUT2D eigenvalue weighted by Crippen LogP contribution is -2.42. The maximum Gasteiger partial charge on any atom is 0.338 e. The van der Waals surface area contributed by atoms with Crippen LogP contribution in [0.3, 0.4) is 0 Å². The standard InChI is InChI=1S/C25H33N3O5S/c1-4-9-25(10-5-2)17-20(29)21(22(30)33-25)24(11-12-24)16-18-7-6-8-19(15-18)27-34(31,32)23-26-13-14-28(23)3/h6-8,13-15,27,29H,4-5,9-12,16-17H2,1-3H3. The number of nitrogens with one attached hydrogen (secondary N) is 1. The number of nitrogens with zero attached hydrogens (tertiary/aromatic N) is 2. The number of anilines is 1. The van der Waals surface area contributed by atoms with Crippen LogP contribution in [0.4, 0.5) is 5.69 Å². The van der Waals surface area contributed by atoms with Crippen LogP contribution in [-0.2, 0) is 33.0 Å². The van der Waals surface area contributed by atoms with E-state index >= 15 is 0 Å². The second-order valence-corrected chi connectivity index (χ2v) is 11.2. The van der Waals surface area contributed by atoms with Crippen LogP contribution in [0, 0.1) is 5.41 Å². The van der Waals surface area contributed by atoms with Gasteiger partial charge in [-0.2, -0.15) is 8.42 Å². The number of aromatic nitrogens is 2. The van der Waals surface area contributed by atoms with Crippen molar-refractivity contribution in [3.05, 3.63) is 53.6 Å². The number of hydrogen-bond acceptors (Lipinski definition) is 6. The van der Waals surface area contributed by atoms with E-state index in [1.165, 1.54) is 10.8 Å². The summed E-state index contributed by atoms with van der Waals surface area (Å²) in [4.78, 5) is 17.0. The molecule has 2 heterocycles. The molecule has 0 spiro atoms. The van der Waals surface area contributed by atoms with E-state index in [1.54, 1.807) is 31.4 Å². The van der Waals surface area contributed by atoms with Gasteiger partial charge in [0, 0.05) is 37.0 Å². The molecule has 4 rings (SSSR count). The van der Waals surface area contributed by atoms with E-state index in [1.807, 2.05) is 6.07 Å². The van der Waals surface area contributed by atoms with E-state index in [0.29, 0.717) is 24.1 Å². The number of benzene rings is 1. The van der Waals surface area contributed by atoms with Crippen molar-refractivity contribution in [2.45, 2.75) is 76.0 Å². The highest BCUT2D eigenvalue weighted by atomic mass is 32.2. The molecule has 0 atom stereocenters. The normalized spacial score (nSPS) is 19.1. The van der Waals surface area contributed by atoms with Gasteiger partial charge in [-0.1, -0.05) is 38.8 Å². The number of aliphatic hydroxyl groups is 1. The predicted octanol–water partition coefficient (Wildman–Crippen LogP) is 4.64. The molecule has 9 heteroatoms. The Morgan fingerprint density at radius 1 is 1.21 bits per heavy atom. The van der Waals surface area contributed by atoms with Crippen molar-refractivity contribution in [1.82, 2.24) is 9.55 Å². The molecule has 0 radical (unpaired) electrons. The Hall–Kier alpha value is -2.81. The van der Waals surface area contributed by atoms with Crippen LogP contribution >= 0.6 is 0 Å². The van der Waals surface area contributed by atoms with Gasteiger partial charge in [-0.05, 0) is 49.8 Å². The van der Waals surface area contributed by atoms with Crippen molar-refractivity contribution in [3.63, 3.8) is 0 Å². The maximum atomic E-state index is 13.1. The second kappa shape index (κ2) is 9.09. The molecule has 1 aromatic carbocycles. The minimum atomic E-state index is -3.83. The summed E-state index contributed by atoms with van der Waals surface area (Å²) in [5.41, 5.74) is 0.612. The topological polar surface area (TPSA) is 111 Å². The lowest BCUT2D eigenvalue weighted by atomic mass is 9.80. The van der Waals surface area contributed by atoms with E-state index in [-0.39, 0.29) is 10.9 Å². The van der Waals surface area contributed by atoms with Gasteiger partial charge in [0.2, 0.25) is 5.16 Å². The summed E-state index contributed by atoms with van der Waals surface area (Å²) in [6, 6.07) is 7.13. The number of imidazole rings is 1. The van der Waals surface area contributed by atoms with Gasteiger partial charge in [0.15, 0.2) is 0 Å². The Morgan fingerprint density at radius 3 is 2.47 bits per heavy atom. The van der Waals surface area contributed by atoms with E-state index in [9.17, 15) is 18.3 Å². The van der Waals surface area contributed by atoms with Gasteiger partial charge < -0.3 is 14.4 Å². The highest BCUT2D eigenvalue weighted by Gasteiger charge is 2.54. The number of aliphatic hydroxyl groups excluding tert-OH is 1. The molecule has 1 aliphatic heterocycles. The summed E-state index contributed by atoms with van der Waals surface area (Å²) >= 11 is 0. The number of carbonyl (C=O) groups excluding carboxylic acids is 1. The highest BCUT2D eigenvalue weighted by Crippen LogP contribution is 2.57. The number of rotatable bonds is 10. The minimum absolute atomic E-state index is 0.0702. The first-order valence-corrected chi connectivity index (χ1v) is 13.4. The molecule has 1 aromatic heterocycles. The summed E-state index contributed by atoms with van der Waals surface area (Å²) in [5, 5.41) is 10.9. The van der Waals surface area contributed by atoms with Gasteiger partial charge in [0.05, 0.1) is 5.57 Å². The lowest BCUT2D eigenvalue weighted by molar-refractivity contribution is -0.162. The van der Waals surface area contributed by atoms with Crippen LogP contribution in [0.25, 0.3) is 0 Å². The largest absolute Gasteiger partial charge is 0.512 e. The van der Waals surface area contributed by atoms with Crippen LogP contribution in [0.1, 0.15) is 64.4 Å². The maximum absolute atomic E-state index is 13.1. The van der Waals surface area contributed by atoms with Crippen molar-refractivity contribution < 1.29 is 23.1 Å². The first kappa shape index (κ1) is 24.3. The third kappa shape index (κ3) is 4.71. The van der Waals surface area contributed by atoms with Crippen LogP contribution in [0.2, 0.25) is 0 Å². The molecule has 1 saturated carbocycles. The number of carbonyl (C=O) groups is 1. The van der Waals surface area contributed by atoms with Crippen molar-refractivity contribution in [2.24, 2.45) is 12.5 Å². The number of esters is 1. The average Bonchev–Trinajstić information content (AvgIpc) is 3.35. The molecule has 0 saturated heterocycles. The van der Waals surface area contributed by atoms with Crippen LogP contribution in [-0.4, -0.2) is 34.6 Å². The molecule has 184 valence electrons. The number of ether oxygens (including phenoxy) is 1. The smallest absolute Gasteiger partial charge is 0.338 e. The summed E-state index contributed by atoms with van der Waals surface area (Å²) in [5.74, 6) is -0.253. The molecule has 2 aliphatic rings. The van der Waals surface area contributed by atoms with E-state index < -0.39 is 27.0 Å². The molecule has 2 aromatic rings.